The molecule has 0 aliphatic carbocycles. The Morgan fingerprint density at radius 2 is 1.74 bits per heavy atom. The number of nitrogens with zero attached hydrogens (tertiary/aromatic N) is 4. The predicted molar refractivity (Wildman–Crippen MR) is 119 cm³/mol. The molecule has 31 heavy (non-hydrogen) atoms. The highest BCUT2D eigenvalue weighted by Gasteiger charge is 2.15. The molecule has 0 radical (unpaired) electrons. The lowest BCUT2D eigenvalue weighted by Gasteiger charge is -2.02. The zero-order valence-electron chi connectivity index (χ0n) is 16.2. The van der Waals surface area contributed by atoms with Crippen molar-refractivity contribution >= 4 is 21.9 Å². The molecule has 0 bridgehead atoms. The number of aromatic hydroxyl groups is 1. The average Bonchev–Trinajstić information content (AvgIpc) is 3.43. The molecule has 3 N–H and O–H groups in total. The number of fused-ring (bicyclic) bond motifs is 2. The van der Waals surface area contributed by atoms with Crippen LogP contribution in [0.4, 0.5) is 0 Å². The van der Waals surface area contributed by atoms with E-state index in [4.69, 9.17) is 4.98 Å². The molecule has 0 aliphatic heterocycles. The van der Waals surface area contributed by atoms with Gasteiger partial charge in [-0.3, -0.25) is 15.1 Å². The summed E-state index contributed by atoms with van der Waals surface area (Å²) in [6, 6.07) is 17.7. The van der Waals surface area contributed by atoms with Crippen molar-refractivity contribution in [3.63, 3.8) is 0 Å². The lowest BCUT2D eigenvalue weighted by atomic mass is 10.0. The van der Waals surface area contributed by atoms with Crippen molar-refractivity contribution in [2.24, 2.45) is 0 Å². The molecule has 0 amide bonds. The van der Waals surface area contributed by atoms with E-state index in [1.807, 2.05) is 36.5 Å². The number of nitrogens with one attached hydrogen (secondary N) is 2. The van der Waals surface area contributed by atoms with Crippen LogP contribution in [0.5, 0.6) is 5.75 Å². The number of benzene rings is 1. The summed E-state index contributed by atoms with van der Waals surface area (Å²) in [5.41, 5.74) is 7.81. The maximum atomic E-state index is 9.76. The van der Waals surface area contributed by atoms with Gasteiger partial charge < -0.3 is 10.1 Å². The first-order valence-electron chi connectivity index (χ1n) is 9.78. The molecule has 6 aromatic rings. The minimum atomic E-state index is 0.102. The zero-order valence-corrected chi connectivity index (χ0v) is 16.2. The molecule has 0 spiro atoms. The van der Waals surface area contributed by atoms with Gasteiger partial charge in [0.25, 0.3) is 0 Å². The van der Waals surface area contributed by atoms with Gasteiger partial charge in [0.1, 0.15) is 17.0 Å². The van der Waals surface area contributed by atoms with Crippen LogP contribution in [0, 0.1) is 0 Å². The van der Waals surface area contributed by atoms with Crippen molar-refractivity contribution in [3.8, 4) is 39.5 Å². The van der Waals surface area contributed by atoms with Crippen LogP contribution >= 0.6 is 0 Å². The Balaban J connectivity index is 1.51. The number of aromatic nitrogens is 6. The number of rotatable bonds is 3. The van der Waals surface area contributed by atoms with Gasteiger partial charge in [-0.2, -0.15) is 5.10 Å². The molecule has 7 nitrogen and oxygen atoms in total. The van der Waals surface area contributed by atoms with Crippen LogP contribution < -0.4 is 0 Å². The molecule has 1 aromatic carbocycles. The van der Waals surface area contributed by atoms with Crippen LogP contribution in [-0.4, -0.2) is 35.2 Å². The standard InChI is InChI=1S/C24H16N6O/c31-16-9-15(12-26-13-16)19-6-7-21-23(28-19)24(30-29-21)22-10-18-17(4-1-5-20(18)27-22)14-3-2-8-25-11-14/h1-13,27,31H,(H,29,30). The Labute approximate surface area is 176 Å². The highest BCUT2D eigenvalue weighted by atomic mass is 16.3. The molecule has 7 heteroatoms. The molecule has 0 atom stereocenters. The molecule has 0 unspecified atom stereocenters. The SMILES string of the molecule is Oc1cncc(-c2ccc3[nH]nc(-c4cc5c(-c6cccnc6)cccc5[nH]4)c3n2)c1. The summed E-state index contributed by atoms with van der Waals surface area (Å²) in [4.78, 5) is 16.6. The first-order chi connectivity index (χ1) is 15.3. The molecule has 0 fully saturated rings. The van der Waals surface area contributed by atoms with E-state index >= 15 is 0 Å². The summed E-state index contributed by atoms with van der Waals surface area (Å²) in [6.07, 6.45) is 6.71. The second-order valence-electron chi connectivity index (χ2n) is 7.29. The fraction of sp³-hybridized carbons (Fsp3) is 0. The molecule has 148 valence electrons. The highest BCUT2D eigenvalue weighted by molar-refractivity contribution is 6.00. The fourth-order valence-corrected chi connectivity index (χ4v) is 3.87. The van der Waals surface area contributed by atoms with Crippen molar-refractivity contribution in [2.75, 3.05) is 0 Å². The van der Waals surface area contributed by atoms with Gasteiger partial charge in [0.15, 0.2) is 0 Å². The van der Waals surface area contributed by atoms with Crippen molar-refractivity contribution in [1.29, 1.82) is 0 Å². The molecule has 0 saturated heterocycles. The number of pyridine rings is 3. The van der Waals surface area contributed by atoms with Crippen LogP contribution in [0.15, 0.2) is 79.4 Å². The van der Waals surface area contributed by atoms with E-state index in [0.29, 0.717) is 5.69 Å². The lowest BCUT2D eigenvalue weighted by molar-refractivity contribution is 0.473. The molecular formula is C24H16N6O. The Kier molecular flexibility index (Phi) is 3.79. The summed E-state index contributed by atoms with van der Waals surface area (Å²) in [5.74, 6) is 0.102. The third-order valence-corrected chi connectivity index (χ3v) is 5.32. The van der Waals surface area contributed by atoms with Gasteiger partial charge in [0, 0.05) is 40.6 Å². The highest BCUT2D eigenvalue weighted by Crippen LogP contribution is 2.34. The third-order valence-electron chi connectivity index (χ3n) is 5.32. The van der Waals surface area contributed by atoms with Gasteiger partial charge >= 0.3 is 0 Å². The van der Waals surface area contributed by atoms with Gasteiger partial charge in [0.2, 0.25) is 0 Å². The van der Waals surface area contributed by atoms with Gasteiger partial charge in [-0.05, 0) is 42.0 Å². The summed E-state index contributed by atoms with van der Waals surface area (Å²) < 4.78 is 0. The minimum absolute atomic E-state index is 0.102. The zero-order chi connectivity index (χ0) is 20.8. The van der Waals surface area contributed by atoms with Gasteiger partial charge in [-0.25, -0.2) is 4.98 Å². The largest absolute Gasteiger partial charge is 0.506 e. The molecule has 5 aromatic heterocycles. The fourth-order valence-electron chi connectivity index (χ4n) is 3.87. The first kappa shape index (κ1) is 17.3. The molecular weight excluding hydrogens is 388 g/mol. The molecule has 0 aliphatic rings. The van der Waals surface area contributed by atoms with Crippen LogP contribution in [-0.2, 0) is 0 Å². The van der Waals surface area contributed by atoms with Crippen molar-refractivity contribution in [1.82, 2.24) is 30.1 Å². The van der Waals surface area contributed by atoms with Crippen molar-refractivity contribution < 1.29 is 5.11 Å². The van der Waals surface area contributed by atoms with Crippen molar-refractivity contribution in [2.45, 2.75) is 0 Å². The summed E-state index contributed by atoms with van der Waals surface area (Å²) in [6.45, 7) is 0. The van der Waals surface area contributed by atoms with Gasteiger partial charge in [-0.15, -0.1) is 0 Å². The van der Waals surface area contributed by atoms with E-state index in [2.05, 4.69) is 43.3 Å². The number of hydrogen-bond acceptors (Lipinski definition) is 5. The van der Waals surface area contributed by atoms with E-state index < -0.39 is 0 Å². The van der Waals surface area contributed by atoms with Crippen LogP contribution in [0.1, 0.15) is 0 Å². The third kappa shape index (κ3) is 2.91. The van der Waals surface area contributed by atoms with Crippen molar-refractivity contribution in [3.05, 3.63) is 79.4 Å². The summed E-state index contributed by atoms with van der Waals surface area (Å²) >= 11 is 0. The smallest absolute Gasteiger partial charge is 0.135 e. The number of aromatic amines is 2. The van der Waals surface area contributed by atoms with Crippen LogP contribution in [0.2, 0.25) is 0 Å². The van der Waals surface area contributed by atoms with E-state index in [1.165, 1.54) is 6.20 Å². The molecule has 6 rings (SSSR count). The van der Waals surface area contributed by atoms with E-state index in [-0.39, 0.29) is 5.75 Å². The van der Waals surface area contributed by atoms with E-state index in [0.717, 1.165) is 50.0 Å². The molecule has 0 saturated carbocycles. The number of hydrogen-bond donors (Lipinski definition) is 3. The Hall–Kier alpha value is -4.52. The summed E-state index contributed by atoms with van der Waals surface area (Å²) in [7, 11) is 0. The molecule has 5 heterocycles. The van der Waals surface area contributed by atoms with Gasteiger partial charge in [-0.1, -0.05) is 18.2 Å². The lowest BCUT2D eigenvalue weighted by Crippen LogP contribution is -1.86. The second kappa shape index (κ2) is 6.77. The monoisotopic (exact) mass is 404 g/mol. The maximum Gasteiger partial charge on any atom is 0.135 e. The van der Waals surface area contributed by atoms with Crippen LogP contribution in [0.25, 0.3) is 55.7 Å². The van der Waals surface area contributed by atoms with E-state index in [9.17, 15) is 5.11 Å². The first-order valence-corrected chi connectivity index (χ1v) is 9.78. The normalized spacial score (nSPS) is 11.4. The van der Waals surface area contributed by atoms with Gasteiger partial charge in [0.05, 0.1) is 23.1 Å². The summed E-state index contributed by atoms with van der Waals surface area (Å²) in [5, 5.41) is 18.4. The Bertz CT molecular complexity index is 1550. The minimum Gasteiger partial charge on any atom is -0.506 e. The Morgan fingerprint density at radius 3 is 2.61 bits per heavy atom. The predicted octanol–water partition coefficient (Wildman–Crippen LogP) is 4.94. The number of H-pyrrole nitrogens is 2. The average molecular weight is 404 g/mol. The van der Waals surface area contributed by atoms with Crippen LogP contribution in [0.3, 0.4) is 0 Å². The Morgan fingerprint density at radius 1 is 0.806 bits per heavy atom. The quantitative estimate of drug-likeness (QED) is 0.388. The topological polar surface area (TPSA) is 103 Å². The van der Waals surface area contributed by atoms with E-state index in [1.54, 1.807) is 18.5 Å². The second-order valence-corrected chi connectivity index (χ2v) is 7.29. The maximum absolute atomic E-state index is 9.76.